The molecule has 1 amide bonds. The Morgan fingerprint density at radius 3 is 2.44 bits per heavy atom. The number of phenols is 1. The minimum Gasteiger partial charge on any atom is -0.508 e. The lowest BCUT2D eigenvalue weighted by atomic mass is 9.92. The fourth-order valence-corrected chi connectivity index (χ4v) is 6.48. The second kappa shape index (κ2) is 9.80. The average Bonchev–Trinajstić information content (AvgIpc) is 3.30. The SMILES string of the molecule is O=C1[C@H](SC[C@H](O)c2ccc(Cl)s2)[C@@H](c2ccc(O)cc2)N1c1ccc(-c2cccnc2)cc1. The van der Waals surface area contributed by atoms with Crippen molar-refractivity contribution in [2.75, 3.05) is 10.7 Å². The number of phenolic OH excluding ortho intramolecular Hbond substituents is 1. The largest absolute Gasteiger partial charge is 0.508 e. The first-order chi connectivity index (χ1) is 16.5. The Kier molecular flexibility index (Phi) is 6.61. The van der Waals surface area contributed by atoms with Gasteiger partial charge in [0.2, 0.25) is 5.91 Å². The minimum atomic E-state index is -0.691. The molecule has 5 nitrogen and oxygen atoms in total. The summed E-state index contributed by atoms with van der Waals surface area (Å²) in [6.45, 7) is 0. The summed E-state index contributed by atoms with van der Waals surface area (Å²) in [5.41, 5.74) is 3.77. The number of thiophene rings is 1. The summed E-state index contributed by atoms with van der Waals surface area (Å²) in [7, 11) is 0. The summed E-state index contributed by atoms with van der Waals surface area (Å²) >= 11 is 8.78. The first-order valence-corrected chi connectivity index (χ1v) is 12.9. The summed E-state index contributed by atoms with van der Waals surface area (Å²) in [6.07, 6.45) is 2.85. The normalized spacial score (nSPS) is 18.5. The van der Waals surface area contributed by atoms with Gasteiger partial charge in [-0.15, -0.1) is 23.1 Å². The van der Waals surface area contributed by atoms with Gasteiger partial charge in [0.15, 0.2) is 0 Å². The zero-order valence-electron chi connectivity index (χ0n) is 17.9. The Morgan fingerprint density at radius 1 is 1.03 bits per heavy atom. The highest BCUT2D eigenvalue weighted by Gasteiger charge is 2.49. The highest BCUT2D eigenvalue weighted by atomic mass is 35.5. The molecule has 2 aromatic heterocycles. The van der Waals surface area contributed by atoms with Gasteiger partial charge in [-0.1, -0.05) is 41.9 Å². The summed E-state index contributed by atoms with van der Waals surface area (Å²) < 4.78 is 0.627. The number of carbonyl (C=O) groups is 1. The molecule has 0 aliphatic carbocycles. The van der Waals surface area contributed by atoms with Crippen LogP contribution in [-0.2, 0) is 4.79 Å². The molecule has 4 aromatic rings. The molecule has 0 bridgehead atoms. The third kappa shape index (κ3) is 4.57. The Labute approximate surface area is 210 Å². The van der Waals surface area contributed by atoms with Gasteiger partial charge in [0, 0.05) is 28.7 Å². The van der Waals surface area contributed by atoms with Gasteiger partial charge in [-0.25, -0.2) is 0 Å². The van der Waals surface area contributed by atoms with Gasteiger partial charge < -0.3 is 15.1 Å². The molecule has 0 unspecified atom stereocenters. The number of thioether (sulfide) groups is 1. The molecule has 0 radical (unpaired) electrons. The van der Waals surface area contributed by atoms with Gasteiger partial charge in [-0.05, 0) is 59.2 Å². The van der Waals surface area contributed by atoms with Crippen LogP contribution in [0.1, 0.15) is 22.6 Å². The van der Waals surface area contributed by atoms with Crippen molar-refractivity contribution >= 4 is 46.3 Å². The average molecular weight is 509 g/mol. The maximum absolute atomic E-state index is 13.3. The van der Waals surface area contributed by atoms with E-state index in [-0.39, 0.29) is 22.9 Å². The first-order valence-electron chi connectivity index (χ1n) is 10.7. The molecular formula is C26H21ClN2O3S2. The molecule has 1 aliphatic heterocycles. The van der Waals surface area contributed by atoms with Gasteiger partial charge in [-0.3, -0.25) is 9.78 Å². The lowest BCUT2D eigenvalue weighted by Crippen LogP contribution is -2.57. The van der Waals surface area contributed by atoms with E-state index in [0.717, 1.165) is 27.3 Å². The fraction of sp³-hybridized carbons (Fsp3) is 0.154. The van der Waals surface area contributed by atoms with Crippen LogP contribution in [0, 0.1) is 0 Å². The molecule has 0 spiro atoms. The number of hydrogen-bond acceptors (Lipinski definition) is 6. The summed E-state index contributed by atoms with van der Waals surface area (Å²) in [5, 5.41) is 20.0. The predicted molar refractivity (Wildman–Crippen MR) is 139 cm³/mol. The highest BCUT2D eigenvalue weighted by molar-refractivity contribution is 8.00. The van der Waals surface area contributed by atoms with Crippen molar-refractivity contribution < 1.29 is 15.0 Å². The Bertz CT molecular complexity index is 1280. The number of aromatic nitrogens is 1. The number of pyridine rings is 1. The number of nitrogens with zero attached hydrogens (tertiary/aromatic N) is 2. The van der Waals surface area contributed by atoms with Crippen molar-refractivity contribution in [1.29, 1.82) is 0 Å². The quantitative estimate of drug-likeness (QED) is 0.295. The van der Waals surface area contributed by atoms with Crippen LogP contribution in [0.2, 0.25) is 4.34 Å². The number of aliphatic hydroxyl groups is 1. The number of aromatic hydroxyl groups is 1. The number of carbonyl (C=O) groups excluding carboxylic acids is 1. The van der Waals surface area contributed by atoms with E-state index in [1.807, 2.05) is 60.8 Å². The Balaban J connectivity index is 1.38. The number of anilines is 1. The van der Waals surface area contributed by atoms with E-state index in [4.69, 9.17) is 11.6 Å². The van der Waals surface area contributed by atoms with E-state index in [9.17, 15) is 15.0 Å². The zero-order chi connectivity index (χ0) is 23.7. The van der Waals surface area contributed by atoms with Gasteiger partial charge >= 0.3 is 0 Å². The third-order valence-corrected chi connectivity index (χ3v) is 8.44. The summed E-state index contributed by atoms with van der Waals surface area (Å²) in [6, 6.07) is 22.1. The Morgan fingerprint density at radius 2 is 1.79 bits per heavy atom. The number of halogens is 1. The molecule has 1 saturated heterocycles. The fourth-order valence-electron chi connectivity index (χ4n) is 4.04. The van der Waals surface area contributed by atoms with Crippen LogP contribution < -0.4 is 4.90 Å². The van der Waals surface area contributed by atoms with E-state index in [0.29, 0.717) is 10.1 Å². The van der Waals surface area contributed by atoms with Gasteiger partial charge in [-0.2, -0.15) is 0 Å². The Hall–Kier alpha value is -2.84. The molecule has 5 rings (SSSR count). The molecule has 8 heteroatoms. The molecule has 2 N–H and O–H groups in total. The van der Waals surface area contributed by atoms with Crippen molar-refractivity contribution in [3.8, 4) is 16.9 Å². The molecule has 3 atom stereocenters. The molecule has 3 heterocycles. The lowest BCUT2D eigenvalue weighted by Gasteiger charge is -2.47. The van der Waals surface area contributed by atoms with Crippen molar-refractivity contribution in [2.24, 2.45) is 0 Å². The number of aliphatic hydroxyl groups excluding tert-OH is 1. The van der Waals surface area contributed by atoms with Crippen molar-refractivity contribution in [2.45, 2.75) is 17.4 Å². The number of rotatable bonds is 7. The first kappa shape index (κ1) is 22.9. The van der Waals surface area contributed by atoms with Crippen LogP contribution in [-0.4, -0.2) is 32.1 Å². The van der Waals surface area contributed by atoms with Crippen LogP contribution >= 0.6 is 34.7 Å². The van der Waals surface area contributed by atoms with Crippen LogP contribution in [0.3, 0.4) is 0 Å². The summed E-state index contributed by atoms with van der Waals surface area (Å²) in [4.78, 5) is 20.0. The van der Waals surface area contributed by atoms with Gasteiger partial charge in [0.05, 0.1) is 16.5 Å². The zero-order valence-corrected chi connectivity index (χ0v) is 20.3. The van der Waals surface area contributed by atoms with E-state index in [1.54, 1.807) is 29.3 Å². The number of benzene rings is 2. The van der Waals surface area contributed by atoms with E-state index in [1.165, 1.54) is 23.1 Å². The van der Waals surface area contributed by atoms with Gasteiger partial charge in [0.25, 0.3) is 0 Å². The number of hydrogen-bond donors (Lipinski definition) is 2. The van der Waals surface area contributed by atoms with Crippen LogP contribution in [0.5, 0.6) is 5.75 Å². The van der Waals surface area contributed by atoms with E-state index in [2.05, 4.69) is 4.98 Å². The summed E-state index contributed by atoms with van der Waals surface area (Å²) in [5.74, 6) is 0.555. The maximum atomic E-state index is 13.3. The molecular weight excluding hydrogens is 488 g/mol. The predicted octanol–water partition coefficient (Wildman–Crippen LogP) is 6.09. The van der Waals surface area contributed by atoms with E-state index >= 15 is 0 Å². The topological polar surface area (TPSA) is 73.7 Å². The molecule has 2 aromatic carbocycles. The monoisotopic (exact) mass is 508 g/mol. The number of β-lactam (4-membered cyclic amide) rings is 1. The van der Waals surface area contributed by atoms with Crippen LogP contribution in [0.15, 0.2) is 85.2 Å². The highest BCUT2D eigenvalue weighted by Crippen LogP contribution is 2.46. The van der Waals surface area contributed by atoms with Crippen molar-refractivity contribution in [1.82, 2.24) is 4.98 Å². The molecule has 1 aliphatic rings. The van der Waals surface area contributed by atoms with Crippen molar-refractivity contribution in [3.05, 3.63) is 100.0 Å². The van der Waals surface area contributed by atoms with Gasteiger partial charge in [0.1, 0.15) is 11.0 Å². The smallest absolute Gasteiger partial charge is 0.243 e. The third-order valence-electron chi connectivity index (χ3n) is 5.78. The second-order valence-electron chi connectivity index (χ2n) is 7.94. The minimum absolute atomic E-state index is 0.00591. The van der Waals surface area contributed by atoms with Crippen molar-refractivity contribution in [3.63, 3.8) is 0 Å². The van der Waals surface area contributed by atoms with E-state index < -0.39 is 6.10 Å². The van der Waals surface area contributed by atoms with Crippen LogP contribution in [0.25, 0.3) is 11.1 Å². The molecule has 172 valence electrons. The lowest BCUT2D eigenvalue weighted by molar-refractivity contribution is -0.123. The second-order valence-corrected chi connectivity index (χ2v) is 10.9. The maximum Gasteiger partial charge on any atom is 0.243 e. The molecule has 0 saturated carbocycles. The molecule has 1 fully saturated rings. The van der Waals surface area contributed by atoms with Crippen LogP contribution in [0.4, 0.5) is 5.69 Å². The standard InChI is InChI=1S/C26H21ClN2O3S2/c27-23-12-11-22(34-23)21(31)15-33-25-24(17-5-9-20(30)10-6-17)29(26(25)32)19-7-3-16(4-8-19)18-2-1-13-28-14-18/h1-14,21,24-25,30-31H,15H2/t21-,24+,25+/m0/s1. The molecule has 34 heavy (non-hydrogen) atoms. The number of amides is 1.